The third-order valence-electron chi connectivity index (χ3n) is 1.87. The van der Waals surface area contributed by atoms with E-state index in [9.17, 15) is 4.79 Å². The van der Waals surface area contributed by atoms with Gasteiger partial charge in [0.1, 0.15) is 18.3 Å². The summed E-state index contributed by atoms with van der Waals surface area (Å²) in [5.41, 5.74) is 4.80. The Kier molecular flexibility index (Phi) is 2.84. The minimum Gasteiger partial charge on any atom is -0.387 e. The number of nitrogens with two attached hydrogens (primary N) is 1. The highest BCUT2D eigenvalue weighted by molar-refractivity contribution is 5.79. The Morgan fingerprint density at radius 3 is 2.08 bits per heavy atom. The third kappa shape index (κ3) is 1.79. The van der Waals surface area contributed by atoms with Crippen LogP contribution in [-0.4, -0.2) is 57.0 Å². The standard InChI is InChI=1S/C6H11NO6/c7-5(11)4-2(9)1(8)3(10)6(12)13-4/h1-4,6,8-10,12H,(H2,7,11)/t1-,2-,3+,4-,6?/m1/s1. The Labute approximate surface area is 73.4 Å². The molecule has 0 saturated carbocycles. The number of aliphatic hydroxyl groups is 4. The van der Waals surface area contributed by atoms with Gasteiger partial charge in [-0.25, -0.2) is 0 Å². The van der Waals surface area contributed by atoms with Crippen LogP contribution in [0.3, 0.4) is 0 Å². The van der Waals surface area contributed by atoms with Crippen LogP contribution < -0.4 is 5.73 Å². The Balaban J connectivity index is 2.76. The maximum absolute atomic E-state index is 10.6. The summed E-state index contributed by atoms with van der Waals surface area (Å²) in [6.45, 7) is 0. The predicted molar refractivity (Wildman–Crippen MR) is 38.1 cm³/mol. The number of ether oxygens (including phenoxy) is 1. The minimum absolute atomic E-state index is 1.02. The zero-order valence-corrected chi connectivity index (χ0v) is 6.57. The molecule has 0 aromatic heterocycles. The van der Waals surface area contributed by atoms with E-state index in [-0.39, 0.29) is 0 Å². The monoisotopic (exact) mass is 193 g/mol. The summed E-state index contributed by atoms with van der Waals surface area (Å²) < 4.78 is 4.46. The van der Waals surface area contributed by atoms with Gasteiger partial charge in [-0.3, -0.25) is 4.79 Å². The molecule has 1 fully saturated rings. The molecule has 7 nitrogen and oxygen atoms in total. The number of aliphatic hydroxyl groups excluding tert-OH is 4. The molecule has 1 saturated heterocycles. The average molecular weight is 193 g/mol. The molecule has 13 heavy (non-hydrogen) atoms. The minimum atomic E-state index is -1.73. The van der Waals surface area contributed by atoms with Gasteiger partial charge < -0.3 is 30.9 Å². The number of rotatable bonds is 1. The molecule has 0 bridgehead atoms. The van der Waals surface area contributed by atoms with E-state index >= 15 is 0 Å². The van der Waals surface area contributed by atoms with Crippen LogP contribution in [-0.2, 0) is 9.53 Å². The van der Waals surface area contributed by atoms with Crippen molar-refractivity contribution in [3.63, 3.8) is 0 Å². The van der Waals surface area contributed by atoms with Crippen molar-refractivity contribution in [3.05, 3.63) is 0 Å². The smallest absolute Gasteiger partial charge is 0.249 e. The van der Waals surface area contributed by atoms with E-state index in [1.54, 1.807) is 0 Å². The summed E-state index contributed by atoms with van der Waals surface area (Å²) in [6.07, 6.45) is -8.16. The SMILES string of the molecule is NC(=O)[C@@H]1OC(O)[C@@H](O)[C@H](O)[C@H]1O. The van der Waals surface area contributed by atoms with Crippen LogP contribution in [0.4, 0.5) is 0 Å². The van der Waals surface area contributed by atoms with Crippen molar-refractivity contribution in [1.29, 1.82) is 0 Å². The van der Waals surface area contributed by atoms with Gasteiger partial charge in [-0.2, -0.15) is 0 Å². The normalized spacial score (nSPS) is 46.0. The fourth-order valence-electron chi connectivity index (χ4n) is 1.10. The molecule has 1 aliphatic rings. The number of carbonyl (C=O) groups is 1. The largest absolute Gasteiger partial charge is 0.387 e. The van der Waals surface area contributed by atoms with Crippen molar-refractivity contribution in [2.24, 2.45) is 5.73 Å². The molecular weight excluding hydrogens is 182 g/mol. The van der Waals surface area contributed by atoms with Crippen molar-refractivity contribution in [3.8, 4) is 0 Å². The van der Waals surface area contributed by atoms with Crippen LogP contribution in [0.15, 0.2) is 0 Å². The Morgan fingerprint density at radius 1 is 1.08 bits per heavy atom. The summed E-state index contributed by atoms with van der Waals surface area (Å²) in [6, 6.07) is 0. The van der Waals surface area contributed by atoms with Crippen molar-refractivity contribution in [2.75, 3.05) is 0 Å². The van der Waals surface area contributed by atoms with Gasteiger partial charge in [-0.1, -0.05) is 0 Å². The predicted octanol–water partition coefficient (Wildman–Crippen LogP) is -3.73. The van der Waals surface area contributed by atoms with E-state index in [1.165, 1.54) is 0 Å². The second kappa shape index (κ2) is 3.56. The van der Waals surface area contributed by atoms with E-state index in [0.717, 1.165) is 0 Å². The summed E-state index contributed by atoms with van der Waals surface area (Å²) in [5.74, 6) is -1.02. The van der Waals surface area contributed by atoms with Gasteiger partial charge in [0.15, 0.2) is 12.4 Å². The second-order valence-electron chi connectivity index (χ2n) is 2.82. The Morgan fingerprint density at radius 2 is 1.62 bits per heavy atom. The zero-order valence-electron chi connectivity index (χ0n) is 6.57. The Bertz CT molecular complexity index is 209. The lowest BCUT2D eigenvalue weighted by molar-refractivity contribution is -0.275. The summed E-state index contributed by atoms with van der Waals surface area (Å²) in [5, 5.41) is 36.2. The first-order chi connectivity index (χ1) is 5.95. The summed E-state index contributed by atoms with van der Waals surface area (Å²) in [4.78, 5) is 10.6. The molecule has 0 spiro atoms. The molecule has 0 aromatic carbocycles. The highest BCUT2D eigenvalue weighted by Gasteiger charge is 2.45. The maximum Gasteiger partial charge on any atom is 0.249 e. The van der Waals surface area contributed by atoms with Crippen LogP contribution >= 0.6 is 0 Å². The van der Waals surface area contributed by atoms with Gasteiger partial charge in [0.25, 0.3) is 0 Å². The highest BCUT2D eigenvalue weighted by atomic mass is 16.6. The number of hydrogen-bond acceptors (Lipinski definition) is 6. The van der Waals surface area contributed by atoms with Crippen LogP contribution in [0.25, 0.3) is 0 Å². The van der Waals surface area contributed by atoms with Gasteiger partial charge in [-0.15, -0.1) is 0 Å². The molecule has 1 heterocycles. The molecule has 5 atom stereocenters. The van der Waals surface area contributed by atoms with Crippen molar-refractivity contribution >= 4 is 5.91 Å². The van der Waals surface area contributed by atoms with Gasteiger partial charge >= 0.3 is 0 Å². The van der Waals surface area contributed by atoms with E-state index in [4.69, 9.17) is 26.2 Å². The van der Waals surface area contributed by atoms with Gasteiger partial charge in [-0.05, 0) is 0 Å². The molecule has 1 unspecified atom stereocenters. The fraction of sp³-hybridized carbons (Fsp3) is 0.833. The number of primary amides is 1. The number of carbonyl (C=O) groups excluding carboxylic acids is 1. The van der Waals surface area contributed by atoms with E-state index in [0.29, 0.717) is 0 Å². The second-order valence-corrected chi connectivity index (χ2v) is 2.82. The first-order valence-corrected chi connectivity index (χ1v) is 3.62. The van der Waals surface area contributed by atoms with Gasteiger partial charge in [0.05, 0.1) is 0 Å². The lowest BCUT2D eigenvalue weighted by Gasteiger charge is -2.36. The molecule has 6 N–H and O–H groups in total. The fourth-order valence-corrected chi connectivity index (χ4v) is 1.10. The van der Waals surface area contributed by atoms with Gasteiger partial charge in [0, 0.05) is 0 Å². The zero-order chi connectivity index (χ0) is 10.2. The van der Waals surface area contributed by atoms with Crippen molar-refractivity contribution in [1.82, 2.24) is 0 Å². The highest BCUT2D eigenvalue weighted by Crippen LogP contribution is 2.19. The van der Waals surface area contributed by atoms with Gasteiger partial charge in [0.2, 0.25) is 5.91 Å². The first-order valence-electron chi connectivity index (χ1n) is 3.62. The molecule has 1 aliphatic heterocycles. The van der Waals surface area contributed by atoms with Crippen LogP contribution in [0.5, 0.6) is 0 Å². The van der Waals surface area contributed by atoms with E-state index < -0.39 is 36.6 Å². The molecule has 1 amide bonds. The molecule has 0 radical (unpaired) electrons. The quantitative estimate of drug-likeness (QED) is 0.291. The third-order valence-corrected chi connectivity index (χ3v) is 1.87. The summed E-state index contributed by atoms with van der Waals surface area (Å²) in [7, 11) is 0. The van der Waals surface area contributed by atoms with Crippen LogP contribution in [0, 0.1) is 0 Å². The lowest BCUT2D eigenvalue weighted by Crippen LogP contribution is -2.60. The van der Waals surface area contributed by atoms with E-state index in [1.807, 2.05) is 0 Å². The molecular formula is C6H11NO6. The Hall–Kier alpha value is -0.730. The lowest BCUT2D eigenvalue weighted by atomic mass is 9.99. The number of hydrogen-bond donors (Lipinski definition) is 5. The van der Waals surface area contributed by atoms with Crippen molar-refractivity contribution in [2.45, 2.75) is 30.7 Å². The number of amides is 1. The van der Waals surface area contributed by atoms with Crippen LogP contribution in [0.2, 0.25) is 0 Å². The first kappa shape index (κ1) is 10.4. The molecule has 76 valence electrons. The summed E-state index contributed by atoms with van der Waals surface area (Å²) >= 11 is 0. The topological polar surface area (TPSA) is 133 Å². The van der Waals surface area contributed by atoms with E-state index in [2.05, 4.69) is 4.74 Å². The maximum atomic E-state index is 10.6. The molecule has 0 aliphatic carbocycles. The van der Waals surface area contributed by atoms with Crippen molar-refractivity contribution < 1.29 is 30.0 Å². The molecule has 1 rings (SSSR count). The average Bonchev–Trinajstić information content (AvgIpc) is 2.07. The molecule has 0 aromatic rings. The molecule has 7 heteroatoms. The van der Waals surface area contributed by atoms with Crippen LogP contribution in [0.1, 0.15) is 0 Å².